The second kappa shape index (κ2) is 8.07. The predicted octanol–water partition coefficient (Wildman–Crippen LogP) is 6.13. The molecule has 0 atom stereocenters. The maximum absolute atomic E-state index is 13.3. The molecular formula is C20H18Cl2N4OS2. The number of aromatic nitrogens is 3. The Kier molecular flexibility index (Phi) is 5.66. The van der Waals surface area contributed by atoms with Crippen molar-refractivity contribution in [3.05, 3.63) is 61.5 Å². The lowest BCUT2D eigenvalue weighted by atomic mass is 10.2. The molecule has 5 nitrogen and oxygen atoms in total. The van der Waals surface area contributed by atoms with Crippen LogP contribution in [0.1, 0.15) is 26.6 Å². The van der Waals surface area contributed by atoms with Crippen LogP contribution >= 0.6 is 45.9 Å². The van der Waals surface area contributed by atoms with Gasteiger partial charge < -0.3 is 0 Å². The van der Waals surface area contributed by atoms with Crippen molar-refractivity contribution in [2.24, 2.45) is 0 Å². The maximum atomic E-state index is 13.3. The van der Waals surface area contributed by atoms with Crippen molar-refractivity contribution in [2.45, 2.75) is 27.3 Å². The summed E-state index contributed by atoms with van der Waals surface area (Å²) < 4.78 is 3.49. The molecule has 1 amide bonds. The van der Waals surface area contributed by atoms with Gasteiger partial charge in [-0.15, -0.1) is 11.3 Å². The van der Waals surface area contributed by atoms with Crippen molar-refractivity contribution in [1.29, 1.82) is 0 Å². The van der Waals surface area contributed by atoms with Crippen molar-refractivity contribution in [2.75, 3.05) is 11.4 Å². The lowest BCUT2D eigenvalue weighted by Crippen LogP contribution is -2.33. The zero-order chi connectivity index (χ0) is 20.7. The molecule has 0 saturated carbocycles. The Bertz CT molecular complexity index is 1210. The molecule has 0 radical (unpaired) electrons. The molecule has 0 unspecified atom stereocenters. The van der Waals surface area contributed by atoms with E-state index < -0.39 is 0 Å². The zero-order valence-electron chi connectivity index (χ0n) is 16.1. The molecule has 9 heteroatoms. The van der Waals surface area contributed by atoms with Gasteiger partial charge in [-0.2, -0.15) is 5.10 Å². The number of nitrogens with zero attached hydrogens (tertiary/aromatic N) is 4. The molecule has 0 N–H and O–H groups in total. The average Bonchev–Trinajstić information content (AvgIpc) is 3.37. The number of thiazole rings is 1. The number of halogens is 2. The highest BCUT2D eigenvalue weighted by Gasteiger charge is 2.23. The monoisotopic (exact) mass is 464 g/mol. The van der Waals surface area contributed by atoms with Gasteiger partial charge in [0.15, 0.2) is 5.13 Å². The second-order valence-corrected chi connectivity index (χ2v) is 9.86. The fourth-order valence-electron chi connectivity index (χ4n) is 3.15. The largest absolute Gasteiger partial charge is 0.281 e. The number of amides is 1. The second-order valence-electron chi connectivity index (χ2n) is 6.73. The third-order valence-corrected chi connectivity index (χ3v) is 7.31. The number of fused-ring (bicyclic) bond motifs is 1. The van der Waals surface area contributed by atoms with E-state index in [9.17, 15) is 4.79 Å². The summed E-state index contributed by atoms with van der Waals surface area (Å²) in [5, 5.41) is 5.81. The Balaban J connectivity index is 1.72. The first kappa shape index (κ1) is 20.3. The number of hydrogen-bond donors (Lipinski definition) is 0. The topological polar surface area (TPSA) is 51.0 Å². The van der Waals surface area contributed by atoms with E-state index in [1.807, 2.05) is 43.7 Å². The van der Waals surface area contributed by atoms with Crippen LogP contribution in [-0.2, 0) is 6.54 Å². The molecule has 0 spiro atoms. The minimum absolute atomic E-state index is 0.119. The van der Waals surface area contributed by atoms with Gasteiger partial charge in [-0.25, -0.2) is 4.98 Å². The highest BCUT2D eigenvalue weighted by molar-refractivity contribution is 7.22. The van der Waals surface area contributed by atoms with Crippen molar-refractivity contribution < 1.29 is 4.79 Å². The quantitative estimate of drug-likeness (QED) is 0.356. The van der Waals surface area contributed by atoms with Crippen LogP contribution in [0.2, 0.25) is 9.36 Å². The number of aryl methyl sites for hydroxylation is 3. The fraction of sp³-hybridized carbons (Fsp3) is 0.250. The fourth-order valence-corrected chi connectivity index (χ4v) is 5.34. The number of anilines is 1. The van der Waals surface area contributed by atoms with Gasteiger partial charge in [0.25, 0.3) is 5.91 Å². The van der Waals surface area contributed by atoms with Gasteiger partial charge in [-0.05, 0) is 56.7 Å². The summed E-state index contributed by atoms with van der Waals surface area (Å²) in [6.45, 7) is 6.92. The van der Waals surface area contributed by atoms with Gasteiger partial charge in [0.05, 0.1) is 31.7 Å². The number of rotatable bonds is 5. The summed E-state index contributed by atoms with van der Waals surface area (Å²) in [6.07, 6.45) is 0. The minimum atomic E-state index is -0.119. The van der Waals surface area contributed by atoms with E-state index in [-0.39, 0.29) is 5.91 Å². The minimum Gasteiger partial charge on any atom is -0.281 e. The maximum Gasteiger partial charge on any atom is 0.270 e. The van der Waals surface area contributed by atoms with Gasteiger partial charge in [0.1, 0.15) is 0 Å². The van der Waals surface area contributed by atoms with Crippen LogP contribution in [0, 0.1) is 20.8 Å². The van der Waals surface area contributed by atoms with Gasteiger partial charge in [0, 0.05) is 17.3 Å². The summed E-state index contributed by atoms with van der Waals surface area (Å²) in [7, 11) is 0. The summed E-state index contributed by atoms with van der Waals surface area (Å²) >= 11 is 15.1. The van der Waals surface area contributed by atoms with Crippen molar-refractivity contribution >= 4 is 67.1 Å². The number of hydrogen-bond acceptors (Lipinski definition) is 5. The number of carbonyl (C=O) groups is 1. The van der Waals surface area contributed by atoms with E-state index in [0.717, 1.165) is 27.2 Å². The summed E-state index contributed by atoms with van der Waals surface area (Å²) in [6, 6.07) is 9.32. The molecular weight excluding hydrogens is 447 g/mol. The van der Waals surface area contributed by atoms with Crippen LogP contribution in [0.5, 0.6) is 0 Å². The normalized spacial score (nSPS) is 11.3. The van der Waals surface area contributed by atoms with E-state index in [1.165, 1.54) is 22.7 Å². The van der Waals surface area contributed by atoms with Crippen LogP contribution in [0.25, 0.3) is 10.2 Å². The zero-order valence-corrected chi connectivity index (χ0v) is 19.2. The van der Waals surface area contributed by atoms with Crippen molar-refractivity contribution in [3.63, 3.8) is 0 Å². The standard InChI is InChI=1S/C20H18Cl2N4OS2/c1-11-10-12(2)26(24-11)9-8-25(19(27)16-6-7-17(22)28-16)20-23-18-13(3)14(21)4-5-15(18)29-20/h4-7,10H,8-9H2,1-3H3. The Morgan fingerprint density at radius 1 is 1.14 bits per heavy atom. The first-order valence-electron chi connectivity index (χ1n) is 8.97. The molecule has 0 aliphatic carbocycles. The highest BCUT2D eigenvalue weighted by Crippen LogP contribution is 2.35. The highest BCUT2D eigenvalue weighted by atomic mass is 35.5. The molecule has 0 saturated heterocycles. The van der Waals surface area contributed by atoms with E-state index in [4.69, 9.17) is 28.2 Å². The molecule has 4 rings (SSSR count). The first-order chi connectivity index (χ1) is 13.8. The van der Waals surface area contributed by atoms with Crippen molar-refractivity contribution in [1.82, 2.24) is 14.8 Å². The Hall–Kier alpha value is -1.93. The lowest BCUT2D eigenvalue weighted by molar-refractivity contribution is 0.0989. The van der Waals surface area contributed by atoms with Crippen LogP contribution in [-0.4, -0.2) is 27.2 Å². The molecule has 4 aromatic rings. The van der Waals surface area contributed by atoms with Gasteiger partial charge in [0.2, 0.25) is 0 Å². The van der Waals surface area contributed by atoms with Crippen LogP contribution in [0.4, 0.5) is 5.13 Å². The number of carbonyl (C=O) groups excluding carboxylic acids is 1. The number of benzene rings is 1. The molecule has 29 heavy (non-hydrogen) atoms. The van der Waals surface area contributed by atoms with Gasteiger partial charge in [-0.3, -0.25) is 14.4 Å². The van der Waals surface area contributed by atoms with Gasteiger partial charge >= 0.3 is 0 Å². The molecule has 0 bridgehead atoms. The molecule has 0 aliphatic heterocycles. The number of thiophene rings is 1. The molecule has 3 aromatic heterocycles. The molecule has 0 fully saturated rings. The molecule has 1 aromatic carbocycles. The van der Waals surface area contributed by atoms with Crippen LogP contribution in [0.3, 0.4) is 0 Å². The third-order valence-electron chi connectivity index (χ3n) is 4.64. The third kappa shape index (κ3) is 4.05. The first-order valence-corrected chi connectivity index (χ1v) is 11.4. The van der Waals surface area contributed by atoms with Crippen LogP contribution in [0.15, 0.2) is 30.3 Å². The molecule has 3 heterocycles. The van der Waals surface area contributed by atoms with Crippen LogP contribution < -0.4 is 4.90 Å². The summed E-state index contributed by atoms with van der Waals surface area (Å²) in [5.41, 5.74) is 3.75. The lowest BCUT2D eigenvalue weighted by Gasteiger charge is -2.19. The summed E-state index contributed by atoms with van der Waals surface area (Å²) in [5.74, 6) is -0.119. The predicted molar refractivity (Wildman–Crippen MR) is 122 cm³/mol. The van der Waals surface area contributed by atoms with E-state index in [2.05, 4.69) is 5.10 Å². The van der Waals surface area contributed by atoms with Crippen molar-refractivity contribution in [3.8, 4) is 0 Å². The molecule has 0 aliphatic rings. The SMILES string of the molecule is Cc1cc(C)n(CCN(C(=O)c2ccc(Cl)s2)c2nc3c(C)c(Cl)ccc3s2)n1. The summed E-state index contributed by atoms with van der Waals surface area (Å²) in [4.78, 5) is 20.3. The Labute approximate surface area is 186 Å². The van der Waals surface area contributed by atoms with E-state index in [0.29, 0.717) is 32.5 Å². The van der Waals surface area contributed by atoms with Gasteiger partial charge in [-0.1, -0.05) is 34.5 Å². The molecule has 150 valence electrons. The smallest absolute Gasteiger partial charge is 0.270 e. The average molecular weight is 465 g/mol. The van der Waals surface area contributed by atoms with E-state index >= 15 is 0 Å². The Morgan fingerprint density at radius 3 is 2.59 bits per heavy atom. The Morgan fingerprint density at radius 2 is 1.93 bits per heavy atom. The van der Waals surface area contributed by atoms with E-state index in [1.54, 1.807) is 17.0 Å².